The summed E-state index contributed by atoms with van der Waals surface area (Å²) in [7, 11) is -1.13. The highest BCUT2D eigenvalue weighted by Crippen LogP contribution is 2.52. The second kappa shape index (κ2) is 3.24. The van der Waals surface area contributed by atoms with Gasteiger partial charge in [-0.05, 0) is 12.5 Å². The molecule has 1 aromatic rings. The molecule has 1 aromatic heterocycles. The van der Waals surface area contributed by atoms with Crippen LogP contribution in [-0.2, 0) is 5.41 Å². The van der Waals surface area contributed by atoms with Crippen LogP contribution in [0.25, 0.3) is 0 Å². The minimum absolute atomic E-state index is 0.0315. The van der Waals surface area contributed by atoms with Crippen molar-refractivity contribution in [2.24, 2.45) is 0 Å². The second-order valence-electron chi connectivity index (χ2n) is 4.51. The van der Waals surface area contributed by atoms with Gasteiger partial charge in [0, 0.05) is 5.41 Å². The van der Waals surface area contributed by atoms with E-state index in [4.69, 9.17) is 4.42 Å². The molecular formula is C9H17NOS2. The van der Waals surface area contributed by atoms with E-state index in [-0.39, 0.29) is 5.41 Å². The SMILES string of the molecule is CC(C)(C)c1cnc(S(C)(C)S)o1. The van der Waals surface area contributed by atoms with Crippen molar-refractivity contribution in [1.82, 2.24) is 4.98 Å². The molecule has 0 aliphatic carbocycles. The van der Waals surface area contributed by atoms with Crippen molar-refractivity contribution in [2.75, 3.05) is 12.5 Å². The highest BCUT2D eigenvalue weighted by Gasteiger charge is 2.22. The van der Waals surface area contributed by atoms with Gasteiger partial charge in [-0.2, -0.15) is 0 Å². The van der Waals surface area contributed by atoms with Crippen molar-refractivity contribution in [3.63, 3.8) is 0 Å². The van der Waals surface area contributed by atoms with E-state index in [2.05, 4.69) is 37.4 Å². The molecule has 4 heteroatoms. The summed E-state index contributed by atoms with van der Waals surface area (Å²) >= 11 is 4.48. The maximum absolute atomic E-state index is 5.66. The predicted octanol–water partition coefficient (Wildman–Crippen LogP) is 3.24. The normalized spacial score (nSPS) is 14.6. The number of oxazole rings is 1. The Bertz CT molecular complexity index is 265. The molecule has 76 valence electrons. The van der Waals surface area contributed by atoms with E-state index >= 15 is 0 Å². The first-order valence-corrected chi connectivity index (χ1v) is 7.63. The Labute approximate surface area is 86.2 Å². The number of rotatable bonds is 1. The number of hydrogen-bond acceptors (Lipinski definition) is 3. The quantitative estimate of drug-likeness (QED) is 0.579. The monoisotopic (exact) mass is 219 g/mol. The summed E-state index contributed by atoms with van der Waals surface area (Å²) in [5.41, 5.74) is 0.0315. The Balaban J connectivity index is 3.01. The van der Waals surface area contributed by atoms with Gasteiger partial charge in [0.15, 0.2) is 0 Å². The van der Waals surface area contributed by atoms with Crippen LogP contribution >= 0.6 is 20.7 Å². The molecule has 0 radical (unpaired) electrons. The fraction of sp³-hybridized carbons (Fsp3) is 0.667. The summed E-state index contributed by atoms with van der Waals surface area (Å²) in [6, 6.07) is 0. The smallest absolute Gasteiger partial charge is 0.246 e. The Morgan fingerprint density at radius 1 is 1.38 bits per heavy atom. The van der Waals surface area contributed by atoms with Crippen LogP contribution in [-0.4, -0.2) is 17.5 Å². The fourth-order valence-corrected chi connectivity index (χ4v) is 1.69. The standard InChI is InChI=1S/C9H17NOS2/c1-9(2,3)7-6-10-8(11-7)13(4,5)12/h6,12H,1-5H3. The van der Waals surface area contributed by atoms with Crippen molar-refractivity contribution < 1.29 is 4.42 Å². The summed E-state index contributed by atoms with van der Waals surface area (Å²) in [5, 5.41) is 0.765. The molecule has 0 aliphatic rings. The van der Waals surface area contributed by atoms with Gasteiger partial charge in [0.1, 0.15) is 5.76 Å². The molecule has 0 aromatic carbocycles. The Kier molecular flexibility index (Phi) is 2.74. The molecular weight excluding hydrogens is 202 g/mol. The molecule has 0 atom stereocenters. The second-order valence-corrected chi connectivity index (χ2v) is 10.1. The molecule has 0 N–H and O–H groups in total. The lowest BCUT2D eigenvalue weighted by Crippen LogP contribution is -2.09. The van der Waals surface area contributed by atoms with Gasteiger partial charge in [-0.25, -0.2) is 4.98 Å². The van der Waals surface area contributed by atoms with Crippen LogP contribution in [0.1, 0.15) is 26.5 Å². The molecule has 0 fully saturated rings. The third kappa shape index (κ3) is 2.68. The average Bonchev–Trinajstić information content (AvgIpc) is 2.28. The first kappa shape index (κ1) is 11.0. The molecule has 0 spiro atoms. The zero-order chi connectivity index (χ0) is 10.3. The minimum atomic E-state index is -1.13. The van der Waals surface area contributed by atoms with E-state index < -0.39 is 9.06 Å². The van der Waals surface area contributed by atoms with Gasteiger partial charge in [-0.3, -0.25) is 0 Å². The molecule has 0 saturated heterocycles. The van der Waals surface area contributed by atoms with Crippen LogP contribution in [0.3, 0.4) is 0 Å². The van der Waals surface area contributed by atoms with Gasteiger partial charge in [0.05, 0.1) is 6.20 Å². The van der Waals surface area contributed by atoms with Crippen LogP contribution < -0.4 is 0 Å². The van der Waals surface area contributed by atoms with Gasteiger partial charge >= 0.3 is 0 Å². The van der Waals surface area contributed by atoms with Crippen LogP contribution in [0.15, 0.2) is 15.8 Å². The van der Waals surface area contributed by atoms with Crippen molar-refractivity contribution in [3.8, 4) is 0 Å². The van der Waals surface area contributed by atoms with Gasteiger partial charge in [0.25, 0.3) is 0 Å². The van der Waals surface area contributed by atoms with Gasteiger partial charge in [-0.15, -0.1) is 20.7 Å². The topological polar surface area (TPSA) is 26.0 Å². The van der Waals surface area contributed by atoms with Crippen LogP contribution in [0, 0.1) is 0 Å². The number of thiol groups is 1. The van der Waals surface area contributed by atoms with Crippen LogP contribution in [0.2, 0.25) is 0 Å². The molecule has 1 heterocycles. The number of hydrogen-bond donors (Lipinski definition) is 1. The lowest BCUT2D eigenvalue weighted by Gasteiger charge is -2.19. The van der Waals surface area contributed by atoms with Crippen molar-refractivity contribution in [1.29, 1.82) is 0 Å². The summed E-state index contributed by atoms with van der Waals surface area (Å²) in [6.45, 7) is 6.33. The molecule has 0 amide bonds. The first-order valence-electron chi connectivity index (χ1n) is 4.13. The largest absolute Gasteiger partial charge is 0.437 e. The minimum Gasteiger partial charge on any atom is -0.437 e. The van der Waals surface area contributed by atoms with Gasteiger partial charge in [-0.1, -0.05) is 20.8 Å². The van der Waals surface area contributed by atoms with Crippen LogP contribution in [0.5, 0.6) is 0 Å². The van der Waals surface area contributed by atoms with E-state index in [1.807, 2.05) is 12.5 Å². The third-order valence-electron chi connectivity index (χ3n) is 1.65. The lowest BCUT2D eigenvalue weighted by molar-refractivity contribution is 0.354. The molecule has 0 aliphatic heterocycles. The van der Waals surface area contributed by atoms with Crippen LogP contribution in [0.4, 0.5) is 0 Å². The number of nitrogens with zero attached hydrogens (tertiary/aromatic N) is 1. The van der Waals surface area contributed by atoms with E-state index in [9.17, 15) is 0 Å². The van der Waals surface area contributed by atoms with Crippen molar-refractivity contribution in [3.05, 3.63) is 12.0 Å². The first-order chi connectivity index (χ1) is 5.71. The molecule has 0 saturated carbocycles. The zero-order valence-corrected chi connectivity index (χ0v) is 10.5. The lowest BCUT2D eigenvalue weighted by atomic mass is 9.94. The summed E-state index contributed by atoms with van der Waals surface area (Å²) < 4.78 is 5.66. The van der Waals surface area contributed by atoms with E-state index in [1.54, 1.807) is 6.20 Å². The zero-order valence-electron chi connectivity index (χ0n) is 8.79. The van der Waals surface area contributed by atoms with Crippen molar-refractivity contribution >= 4 is 20.7 Å². The third-order valence-corrected chi connectivity index (χ3v) is 3.16. The fourth-order valence-electron chi connectivity index (χ4n) is 0.836. The summed E-state index contributed by atoms with van der Waals surface area (Å²) in [5.74, 6) is 0.928. The predicted molar refractivity (Wildman–Crippen MR) is 61.9 cm³/mol. The molecule has 0 bridgehead atoms. The molecule has 2 nitrogen and oxygen atoms in total. The van der Waals surface area contributed by atoms with Gasteiger partial charge < -0.3 is 4.42 Å². The Hall–Kier alpha value is -0.0900. The maximum Gasteiger partial charge on any atom is 0.246 e. The van der Waals surface area contributed by atoms with Crippen molar-refractivity contribution in [2.45, 2.75) is 31.4 Å². The summed E-state index contributed by atoms with van der Waals surface area (Å²) in [6.07, 6.45) is 5.91. The van der Waals surface area contributed by atoms with E-state index in [1.165, 1.54) is 0 Å². The maximum atomic E-state index is 5.66. The highest BCUT2D eigenvalue weighted by atomic mass is 33.1. The number of aromatic nitrogens is 1. The molecule has 0 unspecified atom stereocenters. The van der Waals surface area contributed by atoms with E-state index in [0.29, 0.717) is 0 Å². The van der Waals surface area contributed by atoms with Gasteiger partial charge in [0.2, 0.25) is 5.22 Å². The molecule has 13 heavy (non-hydrogen) atoms. The summed E-state index contributed by atoms with van der Waals surface area (Å²) in [4.78, 5) is 4.25. The highest BCUT2D eigenvalue weighted by molar-refractivity contribution is 8.87. The Morgan fingerprint density at radius 3 is 2.15 bits per heavy atom. The Morgan fingerprint density at radius 2 is 1.92 bits per heavy atom. The van der Waals surface area contributed by atoms with E-state index in [0.717, 1.165) is 11.0 Å². The average molecular weight is 219 g/mol. The molecule has 1 rings (SSSR count).